The van der Waals surface area contributed by atoms with E-state index in [1.807, 2.05) is 6.92 Å². The number of alkyl halides is 3. The fraction of sp³-hybridized carbons (Fsp3) is 0.316. The van der Waals surface area contributed by atoms with E-state index in [0.717, 1.165) is 11.1 Å². The van der Waals surface area contributed by atoms with Gasteiger partial charge < -0.3 is 15.4 Å². The number of benzene rings is 2. The molecule has 0 fully saturated rings. The fourth-order valence-corrected chi connectivity index (χ4v) is 2.17. The molecule has 140 valence electrons. The molecular formula is C19H22F3N3O. The van der Waals surface area contributed by atoms with Crippen LogP contribution in [-0.2, 0) is 13.1 Å². The van der Waals surface area contributed by atoms with Crippen molar-refractivity contribution >= 4 is 5.96 Å². The molecule has 0 bridgehead atoms. The first-order chi connectivity index (χ1) is 12.4. The van der Waals surface area contributed by atoms with Gasteiger partial charge in [0.05, 0.1) is 0 Å². The van der Waals surface area contributed by atoms with E-state index >= 15 is 0 Å². The van der Waals surface area contributed by atoms with Gasteiger partial charge in [-0.1, -0.05) is 42.0 Å². The van der Waals surface area contributed by atoms with Crippen LogP contribution in [0.2, 0.25) is 0 Å². The minimum absolute atomic E-state index is 0.188. The number of nitrogens with one attached hydrogen (secondary N) is 2. The van der Waals surface area contributed by atoms with Crippen molar-refractivity contribution in [2.24, 2.45) is 4.99 Å². The number of rotatable bonds is 6. The van der Waals surface area contributed by atoms with Gasteiger partial charge in [0.1, 0.15) is 5.75 Å². The smallest absolute Gasteiger partial charge is 0.422 e. The van der Waals surface area contributed by atoms with Crippen LogP contribution in [0.1, 0.15) is 16.7 Å². The van der Waals surface area contributed by atoms with Crippen molar-refractivity contribution in [2.45, 2.75) is 26.2 Å². The second-order valence-corrected chi connectivity index (χ2v) is 5.81. The van der Waals surface area contributed by atoms with E-state index in [4.69, 9.17) is 0 Å². The van der Waals surface area contributed by atoms with Gasteiger partial charge in [-0.05, 0) is 30.2 Å². The summed E-state index contributed by atoms with van der Waals surface area (Å²) in [4.78, 5) is 4.15. The molecule has 0 aliphatic carbocycles. The van der Waals surface area contributed by atoms with Crippen LogP contribution in [0.5, 0.6) is 5.75 Å². The highest BCUT2D eigenvalue weighted by atomic mass is 19.4. The van der Waals surface area contributed by atoms with Crippen LogP contribution < -0.4 is 15.4 Å². The Kier molecular flexibility index (Phi) is 6.89. The van der Waals surface area contributed by atoms with Gasteiger partial charge in [-0.2, -0.15) is 13.2 Å². The lowest BCUT2D eigenvalue weighted by Gasteiger charge is -2.13. The van der Waals surface area contributed by atoms with Gasteiger partial charge in [0.2, 0.25) is 0 Å². The topological polar surface area (TPSA) is 45.7 Å². The third kappa shape index (κ3) is 7.04. The molecule has 0 spiro atoms. The SMILES string of the molecule is CN=C(NCc1ccc(C)cc1)NCc1ccc(OCC(F)(F)F)cc1. The van der Waals surface area contributed by atoms with Crippen molar-refractivity contribution in [3.8, 4) is 5.75 Å². The van der Waals surface area contributed by atoms with Crippen molar-refractivity contribution < 1.29 is 17.9 Å². The van der Waals surface area contributed by atoms with Crippen LogP contribution in [0.25, 0.3) is 0 Å². The zero-order valence-electron chi connectivity index (χ0n) is 14.7. The van der Waals surface area contributed by atoms with Crippen LogP contribution in [0, 0.1) is 6.92 Å². The Morgan fingerprint density at radius 3 is 1.88 bits per heavy atom. The maximum Gasteiger partial charge on any atom is 0.422 e. The summed E-state index contributed by atoms with van der Waals surface area (Å²) < 4.78 is 41.1. The summed E-state index contributed by atoms with van der Waals surface area (Å²) in [5, 5.41) is 6.37. The Morgan fingerprint density at radius 2 is 1.42 bits per heavy atom. The van der Waals surface area contributed by atoms with E-state index in [-0.39, 0.29) is 5.75 Å². The summed E-state index contributed by atoms with van der Waals surface area (Å²) in [7, 11) is 1.68. The maximum absolute atomic E-state index is 12.1. The molecule has 0 atom stereocenters. The number of ether oxygens (including phenoxy) is 1. The predicted molar refractivity (Wildman–Crippen MR) is 96.2 cm³/mol. The lowest BCUT2D eigenvalue weighted by Crippen LogP contribution is -2.36. The monoisotopic (exact) mass is 365 g/mol. The molecule has 0 aliphatic heterocycles. The zero-order chi connectivity index (χ0) is 19.0. The van der Waals surface area contributed by atoms with E-state index in [0.29, 0.717) is 19.0 Å². The second kappa shape index (κ2) is 9.12. The normalized spacial score (nSPS) is 12.0. The molecule has 0 saturated heterocycles. The summed E-state index contributed by atoms with van der Waals surface area (Å²) in [5.74, 6) is 0.830. The highest BCUT2D eigenvalue weighted by Gasteiger charge is 2.28. The molecule has 2 rings (SSSR count). The average Bonchev–Trinajstić information content (AvgIpc) is 2.62. The first-order valence-corrected chi connectivity index (χ1v) is 8.14. The first kappa shape index (κ1) is 19.6. The summed E-state index contributed by atoms with van der Waals surface area (Å²) in [6.07, 6.45) is -4.34. The fourth-order valence-electron chi connectivity index (χ4n) is 2.17. The lowest BCUT2D eigenvalue weighted by molar-refractivity contribution is -0.153. The quantitative estimate of drug-likeness (QED) is 0.605. The molecule has 26 heavy (non-hydrogen) atoms. The minimum atomic E-state index is -4.34. The predicted octanol–water partition coefficient (Wildman–Crippen LogP) is 3.80. The number of aryl methyl sites for hydroxylation is 1. The van der Waals surface area contributed by atoms with Gasteiger partial charge in [0.25, 0.3) is 0 Å². The third-order valence-electron chi connectivity index (χ3n) is 3.59. The molecule has 0 aromatic heterocycles. The number of aliphatic imine (C=N–C) groups is 1. The van der Waals surface area contributed by atoms with Gasteiger partial charge in [-0.3, -0.25) is 4.99 Å². The summed E-state index contributed by atoms with van der Waals surface area (Å²) in [5.41, 5.74) is 3.26. The van der Waals surface area contributed by atoms with Gasteiger partial charge in [0.15, 0.2) is 12.6 Å². The second-order valence-electron chi connectivity index (χ2n) is 5.81. The maximum atomic E-state index is 12.1. The zero-order valence-corrected chi connectivity index (χ0v) is 14.7. The molecule has 7 heteroatoms. The molecule has 2 N–H and O–H groups in total. The van der Waals surface area contributed by atoms with Crippen LogP contribution in [0.3, 0.4) is 0 Å². The van der Waals surface area contributed by atoms with Crippen LogP contribution in [0.4, 0.5) is 13.2 Å². The van der Waals surface area contributed by atoms with E-state index in [9.17, 15) is 13.2 Å². The number of hydrogen-bond donors (Lipinski definition) is 2. The molecule has 0 unspecified atom stereocenters. The molecule has 4 nitrogen and oxygen atoms in total. The Hall–Kier alpha value is -2.70. The Morgan fingerprint density at radius 1 is 0.923 bits per heavy atom. The molecule has 2 aromatic rings. The Bertz CT molecular complexity index is 710. The van der Waals surface area contributed by atoms with Crippen LogP contribution >= 0.6 is 0 Å². The summed E-state index contributed by atoms with van der Waals surface area (Å²) in [6.45, 7) is 1.88. The molecule has 0 amide bonds. The van der Waals surface area contributed by atoms with Crippen molar-refractivity contribution in [1.29, 1.82) is 0 Å². The lowest BCUT2D eigenvalue weighted by atomic mass is 10.1. The Balaban J connectivity index is 1.79. The Labute approximate surface area is 151 Å². The van der Waals surface area contributed by atoms with Crippen molar-refractivity contribution in [1.82, 2.24) is 10.6 Å². The average molecular weight is 365 g/mol. The van der Waals surface area contributed by atoms with E-state index in [1.54, 1.807) is 19.2 Å². The summed E-state index contributed by atoms with van der Waals surface area (Å²) in [6, 6.07) is 14.7. The number of nitrogens with zero attached hydrogens (tertiary/aromatic N) is 1. The number of guanidine groups is 1. The van der Waals surface area contributed by atoms with Gasteiger partial charge in [-0.25, -0.2) is 0 Å². The van der Waals surface area contributed by atoms with Gasteiger partial charge in [0, 0.05) is 20.1 Å². The van der Waals surface area contributed by atoms with E-state index < -0.39 is 12.8 Å². The minimum Gasteiger partial charge on any atom is -0.484 e. The van der Waals surface area contributed by atoms with Crippen LogP contribution in [0.15, 0.2) is 53.5 Å². The largest absolute Gasteiger partial charge is 0.484 e. The van der Waals surface area contributed by atoms with Gasteiger partial charge >= 0.3 is 6.18 Å². The first-order valence-electron chi connectivity index (χ1n) is 8.14. The third-order valence-corrected chi connectivity index (χ3v) is 3.59. The standard InChI is InChI=1S/C19H22F3N3O/c1-14-3-5-15(6-4-14)11-24-18(23-2)25-12-16-7-9-17(10-8-16)26-13-19(20,21)22/h3-10H,11-13H2,1-2H3,(H2,23,24,25). The molecule has 0 radical (unpaired) electrons. The van der Waals surface area contributed by atoms with Gasteiger partial charge in [-0.15, -0.1) is 0 Å². The molecule has 2 aromatic carbocycles. The van der Waals surface area contributed by atoms with Crippen molar-refractivity contribution in [3.05, 3.63) is 65.2 Å². The van der Waals surface area contributed by atoms with Crippen molar-refractivity contribution in [2.75, 3.05) is 13.7 Å². The molecule has 0 heterocycles. The number of hydrogen-bond acceptors (Lipinski definition) is 2. The molecule has 0 aliphatic rings. The van der Waals surface area contributed by atoms with E-state index in [2.05, 4.69) is 44.6 Å². The van der Waals surface area contributed by atoms with E-state index in [1.165, 1.54) is 17.7 Å². The summed E-state index contributed by atoms with van der Waals surface area (Å²) >= 11 is 0. The highest BCUT2D eigenvalue weighted by Crippen LogP contribution is 2.18. The van der Waals surface area contributed by atoms with Crippen LogP contribution in [-0.4, -0.2) is 25.8 Å². The molecule has 0 saturated carbocycles. The number of halogens is 3. The highest BCUT2D eigenvalue weighted by molar-refractivity contribution is 5.79. The molecular weight excluding hydrogens is 343 g/mol. The van der Waals surface area contributed by atoms with Crippen molar-refractivity contribution in [3.63, 3.8) is 0 Å².